The number of Topliss-reactive ketones (excluding diaryl/α,β-unsaturated/α-hetero) is 1. The molecule has 90 valence electrons. The minimum Gasteiger partial charge on any atom is -0.301 e. The van der Waals surface area contributed by atoms with Crippen molar-refractivity contribution in [3.05, 3.63) is 35.9 Å². The van der Waals surface area contributed by atoms with Crippen molar-refractivity contribution in [2.75, 3.05) is 0 Å². The zero-order chi connectivity index (χ0) is 12.1. The Morgan fingerprint density at radius 3 is 2.82 bits per heavy atom. The molecule has 0 spiro atoms. The molecular weight excluding hydrogens is 214 g/mol. The van der Waals surface area contributed by atoms with Gasteiger partial charge in [0.1, 0.15) is 6.17 Å². The van der Waals surface area contributed by atoms with Gasteiger partial charge in [-0.15, -0.1) is 0 Å². The molecule has 0 fully saturated rings. The number of nitrogens with one attached hydrogen (secondary N) is 2. The molecule has 0 aliphatic carbocycles. The molecule has 4 nitrogen and oxygen atoms in total. The van der Waals surface area contributed by atoms with E-state index in [1.807, 2.05) is 25.1 Å². The van der Waals surface area contributed by atoms with Gasteiger partial charge in [-0.1, -0.05) is 37.3 Å². The quantitative estimate of drug-likeness (QED) is 0.806. The lowest BCUT2D eigenvalue weighted by atomic mass is 10.1. The van der Waals surface area contributed by atoms with Gasteiger partial charge in [0.05, 0.1) is 0 Å². The number of aliphatic imine (C=N–C) groups is 1. The van der Waals surface area contributed by atoms with Gasteiger partial charge in [0.15, 0.2) is 11.6 Å². The summed E-state index contributed by atoms with van der Waals surface area (Å²) in [5.41, 5.74) is 7.09. The fourth-order valence-corrected chi connectivity index (χ4v) is 1.79. The fourth-order valence-electron chi connectivity index (χ4n) is 1.79. The van der Waals surface area contributed by atoms with Crippen molar-refractivity contribution < 1.29 is 4.79 Å². The van der Waals surface area contributed by atoms with Gasteiger partial charge in [0.2, 0.25) is 0 Å². The maximum Gasteiger partial charge on any atom is 0.198 e. The standard InChI is InChI=1S/C13H17N3O/c1-2-6-11(17)13-14-12(15-16-13)9-10-7-4-3-5-8-10/h3-5,7-8,12,15H,2,6,9H2,1H3,(H,14,16). The van der Waals surface area contributed by atoms with Crippen molar-refractivity contribution in [3.8, 4) is 0 Å². The van der Waals surface area contributed by atoms with Gasteiger partial charge >= 0.3 is 0 Å². The first-order chi connectivity index (χ1) is 8.29. The maximum atomic E-state index is 11.6. The molecule has 1 atom stereocenters. The normalized spacial score (nSPS) is 18.6. The smallest absolute Gasteiger partial charge is 0.198 e. The van der Waals surface area contributed by atoms with E-state index in [9.17, 15) is 4.79 Å². The number of hydrazine groups is 1. The van der Waals surface area contributed by atoms with Crippen LogP contribution in [0.1, 0.15) is 25.3 Å². The van der Waals surface area contributed by atoms with Gasteiger partial charge in [-0.25, -0.2) is 10.4 Å². The lowest BCUT2D eigenvalue weighted by molar-refractivity contribution is -0.113. The lowest BCUT2D eigenvalue weighted by Crippen LogP contribution is -2.38. The summed E-state index contributed by atoms with van der Waals surface area (Å²) < 4.78 is 0. The zero-order valence-corrected chi connectivity index (χ0v) is 9.94. The average Bonchev–Trinajstić information content (AvgIpc) is 2.79. The van der Waals surface area contributed by atoms with Crippen molar-refractivity contribution in [1.82, 2.24) is 10.9 Å². The van der Waals surface area contributed by atoms with E-state index >= 15 is 0 Å². The Morgan fingerprint density at radius 2 is 2.12 bits per heavy atom. The van der Waals surface area contributed by atoms with Crippen LogP contribution in [0.4, 0.5) is 0 Å². The van der Waals surface area contributed by atoms with E-state index < -0.39 is 0 Å². The van der Waals surface area contributed by atoms with Crippen LogP contribution in [0.2, 0.25) is 0 Å². The summed E-state index contributed by atoms with van der Waals surface area (Å²) in [6, 6.07) is 10.1. The number of hydrogen-bond donors (Lipinski definition) is 2. The summed E-state index contributed by atoms with van der Waals surface area (Å²) in [5.74, 6) is 0.545. The SMILES string of the molecule is CCCC(=O)C1=NC(Cc2ccccc2)NN1. The molecule has 0 radical (unpaired) electrons. The highest BCUT2D eigenvalue weighted by molar-refractivity contribution is 6.39. The van der Waals surface area contributed by atoms with Crippen LogP contribution in [-0.4, -0.2) is 17.8 Å². The molecule has 0 aromatic heterocycles. The number of ketones is 1. The predicted octanol–water partition coefficient (Wildman–Crippen LogP) is 1.43. The van der Waals surface area contributed by atoms with E-state index in [0.717, 1.165) is 12.8 Å². The van der Waals surface area contributed by atoms with E-state index in [0.29, 0.717) is 12.3 Å². The second-order valence-corrected chi connectivity index (χ2v) is 4.13. The molecule has 0 saturated heterocycles. The Morgan fingerprint density at radius 1 is 1.35 bits per heavy atom. The van der Waals surface area contributed by atoms with Crippen molar-refractivity contribution in [1.29, 1.82) is 0 Å². The molecule has 0 amide bonds. The van der Waals surface area contributed by atoms with Gasteiger partial charge in [-0.05, 0) is 12.0 Å². The summed E-state index contributed by atoms with van der Waals surface area (Å²) >= 11 is 0. The van der Waals surface area contributed by atoms with Crippen molar-refractivity contribution in [2.24, 2.45) is 4.99 Å². The molecule has 1 aromatic rings. The molecule has 1 aliphatic rings. The van der Waals surface area contributed by atoms with Gasteiger partial charge in [0, 0.05) is 12.8 Å². The highest BCUT2D eigenvalue weighted by Crippen LogP contribution is 2.06. The number of nitrogens with zero attached hydrogens (tertiary/aromatic N) is 1. The third-order valence-corrected chi connectivity index (χ3v) is 2.66. The monoisotopic (exact) mass is 231 g/mol. The molecule has 4 heteroatoms. The first-order valence-electron chi connectivity index (χ1n) is 5.96. The Hall–Kier alpha value is -1.68. The van der Waals surface area contributed by atoms with E-state index in [1.165, 1.54) is 5.56 Å². The summed E-state index contributed by atoms with van der Waals surface area (Å²) in [5, 5.41) is 0. The van der Waals surface area contributed by atoms with Crippen LogP contribution in [0.15, 0.2) is 35.3 Å². The fraction of sp³-hybridized carbons (Fsp3) is 0.385. The topological polar surface area (TPSA) is 53.5 Å². The molecule has 1 heterocycles. The average molecular weight is 231 g/mol. The Kier molecular flexibility index (Phi) is 3.88. The van der Waals surface area contributed by atoms with Crippen LogP contribution >= 0.6 is 0 Å². The predicted molar refractivity (Wildman–Crippen MR) is 67.6 cm³/mol. The maximum absolute atomic E-state index is 11.6. The Bertz CT molecular complexity index is 414. The van der Waals surface area contributed by atoms with Crippen LogP contribution < -0.4 is 10.9 Å². The molecule has 17 heavy (non-hydrogen) atoms. The van der Waals surface area contributed by atoms with Crippen LogP contribution in [0.25, 0.3) is 0 Å². The Balaban J connectivity index is 1.95. The number of rotatable bonds is 5. The van der Waals surface area contributed by atoms with E-state index in [2.05, 4.69) is 28.0 Å². The minimum atomic E-state index is -0.0480. The molecular formula is C13H17N3O. The number of carbonyl (C=O) groups excluding carboxylic acids is 1. The molecule has 1 aliphatic heterocycles. The summed E-state index contributed by atoms with van der Waals surface area (Å²) in [4.78, 5) is 16.0. The number of hydrogen-bond acceptors (Lipinski definition) is 4. The highest BCUT2D eigenvalue weighted by Gasteiger charge is 2.20. The minimum absolute atomic E-state index is 0.0480. The van der Waals surface area contributed by atoms with Gasteiger partial charge in [-0.3, -0.25) is 4.79 Å². The second-order valence-electron chi connectivity index (χ2n) is 4.13. The molecule has 1 aromatic carbocycles. The third kappa shape index (κ3) is 3.14. The largest absolute Gasteiger partial charge is 0.301 e. The molecule has 1 unspecified atom stereocenters. The Labute approximate surface area is 101 Å². The van der Waals surface area contributed by atoms with Crippen LogP contribution in [0.3, 0.4) is 0 Å². The van der Waals surface area contributed by atoms with E-state index in [4.69, 9.17) is 0 Å². The lowest BCUT2D eigenvalue weighted by Gasteiger charge is -2.06. The van der Waals surface area contributed by atoms with Gasteiger partial charge in [0.25, 0.3) is 0 Å². The van der Waals surface area contributed by atoms with Crippen molar-refractivity contribution >= 4 is 11.6 Å². The number of benzene rings is 1. The number of amidine groups is 1. The van der Waals surface area contributed by atoms with Crippen molar-refractivity contribution in [3.63, 3.8) is 0 Å². The second kappa shape index (κ2) is 5.59. The molecule has 0 bridgehead atoms. The van der Waals surface area contributed by atoms with E-state index in [-0.39, 0.29) is 11.9 Å². The number of carbonyl (C=O) groups is 1. The zero-order valence-electron chi connectivity index (χ0n) is 9.94. The first-order valence-corrected chi connectivity index (χ1v) is 5.96. The highest BCUT2D eigenvalue weighted by atomic mass is 16.1. The first kappa shape index (κ1) is 11.8. The van der Waals surface area contributed by atoms with Gasteiger partial charge in [-0.2, -0.15) is 0 Å². The van der Waals surface area contributed by atoms with E-state index in [1.54, 1.807) is 0 Å². The third-order valence-electron chi connectivity index (χ3n) is 2.66. The van der Waals surface area contributed by atoms with Crippen LogP contribution in [0, 0.1) is 0 Å². The summed E-state index contributed by atoms with van der Waals surface area (Å²) in [7, 11) is 0. The molecule has 2 rings (SSSR count). The van der Waals surface area contributed by atoms with Crippen molar-refractivity contribution in [2.45, 2.75) is 32.4 Å². The van der Waals surface area contributed by atoms with Gasteiger partial charge < -0.3 is 5.43 Å². The molecule has 2 N–H and O–H groups in total. The summed E-state index contributed by atoms with van der Waals surface area (Å²) in [6.45, 7) is 1.99. The molecule has 0 saturated carbocycles. The van der Waals surface area contributed by atoms with Crippen LogP contribution in [-0.2, 0) is 11.2 Å². The van der Waals surface area contributed by atoms with Crippen LogP contribution in [0.5, 0.6) is 0 Å². The summed E-state index contributed by atoms with van der Waals surface area (Å²) in [6.07, 6.45) is 2.14.